The Hall–Kier alpha value is -1.21. The monoisotopic (exact) mass is 299 g/mol. The first-order valence-electron chi connectivity index (χ1n) is 6.49. The number of morpholine rings is 1. The first-order chi connectivity index (χ1) is 9.47. The second-order valence-corrected chi connectivity index (χ2v) is 5.47. The van der Waals surface area contributed by atoms with Gasteiger partial charge in [-0.2, -0.15) is 0 Å². The van der Waals surface area contributed by atoms with Crippen LogP contribution in [0, 0.1) is 10.1 Å². The number of hydrogen-bond donors (Lipinski definition) is 1. The highest BCUT2D eigenvalue weighted by atomic mass is 35.5. The molecule has 0 amide bonds. The van der Waals surface area contributed by atoms with Gasteiger partial charge in [0.1, 0.15) is 0 Å². The van der Waals surface area contributed by atoms with Gasteiger partial charge in [-0.05, 0) is 19.1 Å². The van der Waals surface area contributed by atoms with Crippen LogP contribution in [0.4, 0.5) is 5.69 Å². The third kappa shape index (κ3) is 3.67. The van der Waals surface area contributed by atoms with Crippen molar-refractivity contribution in [2.75, 3.05) is 19.7 Å². The number of rotatable bonds is 4. The van der Waals surface area contributed by atoms with Gasteiger partial charge in [-0.1, -0.05) is 11.6 Å². The number of halogens is 1. The average molecular weight is 300 g/mol. The third-order valence-corrected chi connectivity index (χ3v) is 3.63. The first kappa shape index (κ1) is 15.2. The van der Waals surface area contributed by atoms with Crippen molar-refractivity contribution in [2.24, 2.45) is 5.73 Å². The molecule has 7 heteroatoms. The predicted molar refractivity (Wildman–Crippen MR) is 76.8 cm³/mol. The largest absolute Gasteiger partial charge is 0.374 e. The zero-order chi connectivity index (χ0) is 14.7. The highest BCUT2D eigenvalue weighted by Crippen LogP contribution is 2.25. The first-order valence-corrected chi connectivity index (χ1v) is 6.87. The van der Waals surface area contributed by atoms with Crippen molar-refractivity contribution >= 4 is 17.3 Å². The molecule has 0 saturated carbocycles. The quantitative estimate of drug-likeness (QED) is 0.677. The molecule has 1 fully saturated rings. The summed E-state index contributed by atoms with van der Waals surface area (Å²) in [6, 6.07) is 4.57. The maximum absolute atomic E-state index is 11.0. The number of benzene rings is 1. The van der Waals surface area contributed by atoms with Crippen LogP contribution in [0.2, 0.25) is 5.02 Å². The summed E-state index contributed by atoms with van der Waals surface area (Å²) in [7, 11) is 0. The highest BCUT2D eigenvalue weighted by molar-refractivity contribution is 6.30. The molecule has 1 aliphatic heterocycles. The third-order valence-electron chi connectivity index (χ3n) is 3.40. The molecule has 110 valence electrons. The summed E-state index contributed by atoms with van der Waals surface area (Å²) < 4.78 is 5.58. The topological polar surface area (TPSA) is 81.6 Å². The van der Waals surface area contributed by atoms with Crippen LogP contribution in [-0.4, -0.2) is 41.7 Å². The lowest BCUT2D eigenvalue weighted by molar-refractivity contribution is -0.385. The minimum absolute atomic E-state index is 0.0398. The van der Waals surface area contributed by atoms with Gasteiger partial charge < -0.3 is 10.5 Å². The summed E-state index contributed by atoms with van der Waals surface area (Å²) in [5.74, 6) is 0. The number of nitro groups is 1. The molecule has 0 aromatic heterocycles. The summed E-state index contributed by atoms with van der Waals surface area (Å²) in [6.45, 7) is 4.36. The lowest BCUT2D eigenvalue weighted by Gasteiger charge is -2.34. The van der Waals surface area contributed by atoms with E-state index in [9.17, 15) is 10.1 Å². The van der Waals surface area contributed by atoms with E-state index in [4.69, 9.17) is 22.1 Å². The van der Waals surface area contributed by atoms with Gasteiger partial charge >= 0.3 is 0 Å². The molecule has 1 aliphatic rings. The molecule has 1 aromatic carbocycles. The van der Waals surface area contributed by atoms with E-state index in [0.717, 1.165) is 6.54 Å². The Kier molecular flexibility index (Phi) is 4.93. The number of nitro benzene ring substituents is 1. The Bertz CT molecular complexity index is 496. The molecular formula is C13H18ClN3O3. The van der Waals surface area contributed by atoms with Crippen molar-refractivity contribution in [2.45, 2.75) is 25.6 Å². The fourth-order valence-electron chi connectivity index (χ4n) is 2.29. The van der Waals surface area contributed by atoms with Crippen LogP contribution in [0.15, 0.2) is 18.2 Å². The van der Waals surface area contributed by atoms with Gasteiger partial charge in [0.25, 0.3) is 5.69 Å². The van der Waals surface area contributed by atoms with Crippen molar-refractivity contribution in [3.63, 3.8) is 0 Å². The molecule has 2 atom stereocenters. The summed E-state index contributed by atoms with van der Waals surface area (Å²) in [6.07, 6.45) is -0.0398. The van der Waals surface area contributed by atoms with Crippen molar-refractivity contribution in [1.29, 1.82) is 0 Å². The predicted octanol–water partition coefficient (Wildman–Crippen LogP) is 1.80. The maximum atomic E-state index is 11.0. The van der Waals surface area contributed by atoms with E-state index in [0.29, 0.717) is 30.3 Å². The Morgan fingerprint density at radius 2 is 2.40 bits per heavy atom. The van der Waals surface area contributed by atoms with E-state index in [1.165, 1.54) is 12.1 Å². The van der Waals surface area contributed by atoms with Crippen molar-refractivity contribution in [1.82, 2.24) is 4.90 Å². The molecule has 0 radical (unpaired) electrons. The molecule has 20 heavy (non-hydrogen) atoms. The lowest BCUT2D eigenvalue weighted by Crippen LogP contribution is -2.49. The van der Waals surface area contributed by atoms with Crippen LogP contribution in [0.3, 0.4) is 0 Å². The zero-order valence-corrected chi connectivity index (χ0v) is 12.0. The average Bonchev–Trinajstić information content (AvgIpc) is 2.38. The summed E-state index contributed by atoms with van der Waals surface area (Å²) in [5, 5.41) is 11.5. The molecule has 0 spiro atoms. The van der Waals surface area contributed by atoms with E-state index >= 15 is 0 Å². The standard InChI is InChI=1S/C13H18ClN3O3/c1-9(15)13-8-16(4-5-20-13)7-10-6-11(14)2-3-12(10)17(18)19/h2-3,6,9,13H,4-5,7-8,15H2,1H3. The van der Waals surface area contributed by atoms with Crippen molar-refractivity contribution in [3.05, 3.63) is 38.9 Å². The molecule has 2 N–H and O–H groups in total. The Morgan fingerprint density at radius 3 is 3.05 bits per heavy atom. The van der Waals surface area contributed by atoms with Crippen LogP contribution in [0.5, 0.6) is 0 Å². The summed E-state index contributed by atoms with van der Waals surface area (Å²) in [4.78, 5) is 12.8. The number of nitrogens with two attached hydrogens (primary N) is 1. The molecule has 6 nitrogen and oxygen atoms in total. The molecular weight excluding hydrogens is 282 g/mol. The van der Waals surface area contributed by atoms with E-state index < -0.39 is 0 Å². The second-order valence-electron chi connectivity index (χ2n) is 5.03. The summed E-state index contributed by atoms with van der Waals surface area (Å²) >= 11 is 5.93. The van der Waals surface area contributed by atoms with Gasteiger partial charge in [-0.3, -0.25) is 15.0 Å². The van der Waals surface area contributed by atoms with Gasteiger partial charge in [0.15, 0.2) is 0 Å². The molecule has 1 saturated heterocycles. The minimum Gasteiger partial charge on any atom is -0.374 e. The molecule has 1 aromatic rings. The normalized spacial score (nSPS) is 21.6. The van der Waals surface area contributed by atoms with Crippen molar-refractivity contribution in [3.8, 4) is 0 Å². The van der Waals surface area contributed by atoms with E-state index in [-0.39, 0.29) is 22.8 Å². The maximum Gasteiger partial charge on any atom is 0.273 e. The summed E-state index contributed by atoms with van der Waals surface area (Å²) in [5.41, 5.74) is 6.56. The van der Waals surface area contributed by atoms with E-state index in [2.05, 4.69) is 4.90 Å². The van der Waals surface area contributed by atoms with Crippen LogP contribution < -0.4 is 5.73 Å². The van der Waals surface area contributed by atoms with Crippen molar-refractivity contribution < 1.29 is 9.66 Å². The highest BCUT2D eigenvalue weighted by Gasteiger charge is 2.25. The fraction of sp³-hybridized carbons (Fsp3) is 0.538. The molecule has 0 bridgehead atoms. The van der Waals surface area contributed by atoms with Gasteiger partial charge in [0.05, 0.1) is 17.6 Å². The second kappa shape index (κ2) is 6.49. The number of ether oxygens (including phenoxy) is 1. The molecule has 0 aliphatic carbocycles. The van der Waals surface area contributed by atoms with Gasteiger partial charge in [-0.15, -0.1) is 0 Å². The van der Waals surface area contributed by atoms with Crippen LogP contribution in [0.1, 0.15) is 12.5 Å². The van der Waals surface area contributed by atoms with E-state index in [1.807, 2.05) is 6.92 Å². The fourth-order valence-corrected chi connectivity index (χ4v) is 2.49. The Balaban J connectivity index is 2.13. The van der Waals surface area contributed by atoms with Gasteiger partial charge in [0, 0.05) is 42.3 Å². The minimum atomic E-state index is -0.380. The van der Waals surface area contributed by atoms with Crippen LogP contribution in [0.25, 0.3) is 0 Å². The molecule has 1 heterocycles. The van der Waals surface area contributed by atoms with Crippen LogP contribution in [-0.2, 0) is 11.3 Å². The Morgan fingerprint density at radius 1 is 1.65 bits per heavy atom. The number of nitrogens with zero attached hydrogens (tertiary/aromatic N) is 2. The zero-order valence-electron chi connectivity index (χ0n) is 11.3. The Labute approximate surface area is 122 Å². The van der Waals surface area contributed by atoms with Gasteiger partial charge in [-0.25, -0.2) is 0 Å². The van der Waals surface area contributed by atoms with Gasteiger partial charge in [0.2, 0.25) is 0 Å². The SMILES string of the molecule is CC(N)C1CN(Cc2cc(Cl)ccc2[N+](=O)[O-])CCO1. The number of hydrogen-bond acceptors (Lipinski definition) is 5. The smallest absolute Gasteiger partial charge is 0.273 e. The van der Waals surface area contributed by atoms with E-state index in [1.54, 1.807) is 6.07 Å². The van der Waals surface area contributed by atoms with Crippen LogP contribution >= 0.6 is 11.6 Å². The molecule has 2 rings (SSSR count). The molecule has 2 unspecified atom stereocenters. The lowest BCUT2D eigenvalue weighted by atomic mass is 10.1.